The molecule has 0 aromatic heterocycles. The molecule has 112 valence electrons. The van der Waals surface area contributed by atoms with Crippen molar-refractivity contribution in [1.82, 2.24) is 10.2 Å². The molecular weight excluding hydrogens is 252 g/mol. The van der Waals surface area contributed by atoms with Gasteiger partial charge in [0, 0.05) is 6.04 Å². The Kier molecular flexibility index (Phi) is 3.51. The van der Waals surface area contributed by atoms with Crippen molar-refractivity contribution in [3.05, 3.63) is 0 Å². The summed E-state index contributed by atoms with van der Waals surface area (Å²) >= 11 is 0. The third-order valence-electron chi connectivity index (χ3n) is 5.53. The lowest BCUT2D eigenvalue weighted by atomic mass is 9.84. The summed E-state index contributed by atoms with van der Waals surface area (Å²) in [6.45, 7) is 3.96. The van der Waals surface area contributed by atoms with Gasteiger partial charge in [0.25, 0.3) is 0 Å². The van der Waals surface area contributed by atoms with Gasteiger partial charge in [-0.15, -0.1) is 0 Å². The summed E-state index contributed by atoms with van der Waals surface area (Å²) < 4.78 is 0. The number of carbonyl (C=O) groups is 2. The van der Waals surface area contributed by atoms with Crippen LogP contribution in [0.5, 0.6) is 0 Å². The molecule has 20 heavy (non-hydrogen) atoms. The maximum absolute atomic E-state index is 12.9. The molecule has 4 nitrogen and oxygen atoms in total. The van der Waals surface area contributed by atoms with E-state index in [9.17, 15) is 9.59 Å². The Morgan fingerprint density at radius 3 is 2.35 bits per heavy atom. The smallest absolute Gasteiger partial charge is 0.246 e. The van der Waals surface area contributed by atoms with Gasteiger partial charge in [-0.1, -0.05) is 26.2 Å². The van der Waals surface area contributed by atoms with Gasteiger partial charge in [0.05, 0.1) is 0 Å². The number of nitrogens with zero attached hydrogens (tertiary/aromatic N) is 1. The number of hydrogen-bond acceptors (Lipinski definition) is 2. The van der Waals surface area contributed by atoms with Crippen LogP contribution in [0.15, 0.2) is 0 Å². The second-order valence-electron chi connectivity index (χ2n) is 6.92. The van der Waals surface area contributed by atoms with E-state index in [1.165, 1.54) is 19.3 Å². The number of rotatable bonds is 3. The summed E-state index contributed by atoms with van der Waals surface area (Å²) in [5, 5.41) is 3.01. The van der Waals surface area contributed by atoms with Crippen molar-refractivity contribution >= 4 is 11.8 Å². The van der Waals surface area contributed by atoms with Crippen molar-refractivity contribution in [2.24, 2.45) is 5.92 Å². The third-order valence-corrected chi connectivity index (χ3v) is 5.53. The fourth-order valence-electron chi connectivity index (χ4n) is 3.86. The van der Waals surface area contributed by atoms with E-state index in [1.54, 1.807) is 0 Å². The van der Waals surface area contributed by atoms with Gasteiger partial charge in [-0.2, -0.15) is 0 Å². The second-order valence-corrected chi connectivity index (χ2v) is 6.92. The first kappa shape index (κ1) is 13.9. The molecule has 1 saturated heterocycles. The zero-order valence-corrected chi connectivity index (χ0v) is 12.7. The number of amides is 2. The highest BCUT2D eigenvalue weighted by Gasteiger charge is 2.53. The van der Waals surface area contributed by atoms with Crippen LogP contribution in [-0.2, 0) is 9.59 Å². The maximum atomic E-state index is 12.9. The summed E-state index contributed by atoms with van der Waals surface area (Å²) in [6, 6.07) is 0.0255. The number of hydrogen-bond donors (Lipinski definition) is 1. The summed E-state index contributed by atoms with van der Waals surface area (Å²) in [5.41, 5.74) is -0.648. The Bertz CT molecular complexity index is 413. The highest BCUT2D eigenvalue weighted by molar-refractivity contribution is 6.00. The quantitative estimate of drug-likeness (QED) is 0.860. The minimum Gasteiger partial charge on any atom is -0.342 e. The van der Waals surface area contributed by atoms with E-state index in [4.69, 9.17) is 0 Å². The van der Waals surface area contributed by atoms with E-state index in [-0.39, 0.29) is 23.9 Å². The molecule has 1 heterocycles. The zero-order chi connectivity index (χ0) is 14.3. The molecule has 1 N–H and O–H groups in total. The van der Waals surface area contributed by atoms with Crippen LogP contribution in [0.25, 0.3) is 0 Å². The van der Waals surface area contributed by atoms with E-state index < -0.39 is 5.54 Å². The van der Waals surface area contributed by atoms with E-state index in [0.29, 0.717) is 12.3 Å². The molecule has 2 saturated carbocycles. The molecule has 0 radical (unpaired) electrons. The molecule has 0 aromatic carbocycles. The van der Waals surface area contributed by atoms with Gasteiger partial charge in [-0.25, -0.2) is 0 Å². The molecule has 4 heteroatoms. The average Bonchev–Trinajstić information content (AvgIpc) is 3.29. The summed E-state index contributed by atoms with van der Waals surface area (Å²) in [7, 11) is 0. The van der Waals surface area contributed by atoms with Gasteiger partial charge in [0.15, 0.2) is 0 Å². The van der Waals surface area contributed by atoms with E-state index in [1.807, 2.05) is 18.7 Å². The Labute approximate surface area is 121 Å². The topological polar surface area (TPSA) is 49.4 Å². The molecular formula is C16H26N2O2. The van der Waals surface area contributed by atoms with Crippen molar-refractivity contribution < 1.29 is 9.59 Å². The van der Waals surface area contributed by atoms with Gasteiger partial charge >= 0.3 is 0 Å². The first-order chi connectivity index (χ1) is 9.58. The third kappa shape index (κ3) is 2.13. The van der Waals surface area contributed by atoms with Crippen molar-refractivity contribution in [1.29, 1.82) is 0 Å². The Balaban J connectivity index is 1.89. The van der Waals surface area contributed by atoms with Crippen LogP contribution in [0.3, 0.4) is 0 Å². The lowest BCUT2D eigenvalue weighted by molar-refractivity contribution is -0.162. The van der Waals surface area contributed by atoms with Crippen LogP contribution in [0, 0.1) is 5.92 Å². The molecule has 2 amide bonds. The fourth-order valence-corrected chi connectivity index (χ4v) is 3.86. The highest BCUT2D eigenvalue weighted by atomic mass is 16.2. The largest absolute Gasteiger partial charge is 0.342 e. The monoisotopic (exact) mass is 278 g/mol. The van der Waals surface area contributed by atoms with Gasteiger partial charge in [-0.05, 0) is 44.9 Å². The van der Waals surface area contributed by atoms with Crippen molar-refractivity contribution in [2.75, 3.05) is 0 Å². The average molecular weight is 278 g/mol. The van der Waals surface area contributed by atoms with Gasteiger partial charge in [0.1, 0.15) is 11.6 Å². The number of piperazine rings is 1. The van der Waals surface area contributed by atoms with Crippen LogP contribution in [0.2, 0.25) is 0 Å². The standard InChI is InChI=1S/C16H26N2O2/c1-3-16(2)15(20)17-13(11-9-10-11)14(19)18(16)12-7-5-4-6-8-12/h11-13H,3-10H2,1-2H3,(H,17,20). The van der Waals surface area contributed by atoms with Gasteiger partial charge in [-0.3, -0.25) is 9.59 Å². The van der Waals surface area contributed by atoms with E-state index in [0.717, 1.165) is 25.7 Å². The minimum absolute atomic E-state index is 0.0575. The molecule has 2 atom stereocenters. The first-order valence-corrected chi connectivity index (χ1v) is 8.22. The van der Waals surface area contributed by atoms with E-state index in [2.05, 4.69) is 5.32 Å². The molecule has 0 spiro atoms. The molecule has 2 unspecified atom stereocenters. The molecule has 3 fully saturated rings. The lowest BCUT2D eigenvalue weighted by Crippen LogP contribution is -2.72. The molecule has 2 aliphatic carbocycles. The Morgan fingerprint density at radius 2 is 1.80 bits per heavy atom. The minimum atomic E-state index is -0.648. The number of carbonyl (C=O) groups excluding carboxylic acids is 2. The van der Waals surface area contributed by atoms with Crippen LogP contribution in [-0.4, -0.2) is 34.3 Å². The summed E-state index contributed by atoms with van der Waals surface area (Å²) in [6.07, 6.45) is 8.61. The van der Waals surface area contributed by atoms with E-state index >= 15 is 0 Å². The highest BCUT2D eigenvalue weighted by Crippen LogP contribution is 2.40. The normalized spacial score (nSPS) is 36.1. The predicted molar refractivity (Wildman–Crippen MR) is 77.1 cm³/mol. The first-order valence-electron chi connectivity index (χ1n) is 8.22. The van der Waals surface area contributed by atoms with Crippen LogP contribution >= 0.6 is 0 Å². The molecule has 3 aliphatic rings. The van der Waals surface area contributed by atoms with Crippen molar-refractivity contribution in [2.45, 2.75) is 82.8 Å². The molecule has 1 aliphatic heterocycles. The van der Waals surface area contributed by atoms with Crippen LogP contribution in [0.4, 0.5) is 0 Å². The van der Waals surface area contributed by atoms with Gasteiger partial charge < -0.3 is 10.2 Å². The Hall–Kier alpha value is -1.06. The summed E-state index contributed by atoms with van der Waals surface area (Å²) in [5.74, 6) is 0.629. The molecule has 0 bridgehead atoms. The Morgan fingerprint density at radius 1 is 1.15 bits per heavy atom. The van der Waals surface area contributed by atoms with Crippen molar-refractivity contribution in [3.63, 3.8) is 0 Å². The van der Waals surface area contributed by atoms with Crippen LogP contribution in [0.1, 0.15) is 65.2 Å². The lowest BCUT2D eigenvalue weighted by Gasteiger charge is -2.50. The van der Waals surface area contributed by atoms with Crippen LogP contribution < -0.4 is 5.32 Å². The van der Waals surface area contributed by atoms with Gasteiger partial charge in [0.2, 0.25) is 11.8 Å². The summed E-state index contributed by atoms with van der Waals surface area (Å²) in [4.78, 5) is 27.5. The molecule has 3 rings (SSSR count). The van der Waals surface area contributed by atoms with Crippen molar-refractivity contribution in [3.8, 4) is 0 Å². The zero-order valence-electron chi connectivity index (χ0n) is 12.7. The number of nitrogens with one attached hydrogen (secondary N) is 1. The fraction of sp³-hybridized carbons (Fsp3) is 0.875. The molecule has 0 aromatic rings. The predicted octanol–water partition coefficient (Wildman–Crippen LogP) is 2.22. The second kappa shape index (κ2) is 5.05. The SMILES string of the molecule is CCC1(C)C(=O)NC(C2CC2)C(=O)N1C1CCCCC1. The maximum Gasteiger partial charge on any atom is 0.246 e.